The topological polar surface area (TPSA) is 75.3 Å². The molecule has 7 heteroatoms. The Morgan fingerprint density at radius 2 is 1.65 bits per heavy atom. The summed E-state index contributed by atoms with van der Waals surface area (Å²) in [6.45, 7) is 5.62. The van der Waals surface area contributed by atoms with Crippen LogP contribution in [-0.4, -0.2) is 19.6 Å². The van der Waals surface area contributed by atoms with Crippen molar-refractivity contribution in [2.75, 3.05) is 10.0 Å². The van der Waals surface area contributed by atoms with E-state index in [1.807, 2.05) is 63.2 Å². The molecule has 2 N–H and O–H groups in total. The predicted molar refractivity (Wildman–Crippen MR) is 129 cm³/mol. The highest BCUT2D eigenvalue weighted by Gasteiger charge is 2.17. The molecular weight excluding hydrogens is 428 g/mol. The maximum Gasteiger partial charge on any atom is 0.261 e. The fourth-order valence-corrected chi connectivity index (χ4v) is 4.85. The Balaban J connectivity index is 1.61. The Bertz CT molecular complexity index is 1150. The Labute approximate surface area is 188 Å². The van der Waals surface area contributed by atoms with Crippen molar-refractivity contribution in [3.05, 3.63) is 89.5 Å². The van der Waals surface area contributed by atoms with Gasteiger partial charge in [-0.25, -0.2) is 8.42 Å². The number of anilines is 2. The summed E-state index contributed by atoms with van der Waals surface area (Å²) in [5, 5.41) is 2.61. The minimum absolute atomic E-state index is 0.120. The molecule has 0 heterocycles. The molecule has 0 aliphatic heterocycles. The van der Waals surface area contributed by atoms with Crippen molar-refractivity contribution < 1.29 is 13.2 Å². The van der Waals surface area contributed by atoms with Crippen LogP contribution >= 0.6 is 11.8 Å². The normalized spacial score (nSPS) is 12.2. The van der Waals surface area contributed by atoms with Gasteiger partial charge >= 0.3 is 0 Å². The first kappa shape index (κ1) is 22.9. The summed E-state index contributed by atoms with van der Waals surface area (Å²) in [6, 6.07) is 21.8. The highest BCUT2D eigenvalue weighted by Crippen LogP contribution is 2.23. The van der Waals surface area contributed by atoms with Gasteiger partial charge in [0.25, 0.3) is 10.0 Å². The monoisotopic (exact) mass is 454 g/mol. The van der Waals surface area contributed by atoms with Crippen LogP contribution in [0.4, 0.5) is 11.4 Å². The van der Waals surface area contributed by atoms with E-state index in [9.17, 15) is 13.2 Å². The van der Waals surface area contributed by atoms with Gasteiger partial charge in [0, 0.05) is 11.4 Å². The van der Waals surface area contributed by atoms with Crippen molar-refractivity contribution in [1.82, 2.24) is 0 Å². The van der Waals surface area contributed by atoms with Crippen molar-refractivity contribution in [1.29, 1.82) is 0 Å². The van der Waals surface area contributed by atoms with Gasteiger partial charge in [0.05, 0.1) is 15.8 Å². The molecule has 5 nitrogen and oxygen atoms in total. The second-order valence-electron chi connectivity index (χ2n) is 7.38. The molecular formula is C24H26N2O3S2. The van der Waals surface area contributed by atoms with E-state index >= 15 is 0 Å². The second-order valence-corrected chi connectivity index (χ2v) is 10.4. The molecule has 0 aromatic heterocycles. The van der Waals surface area contributed by atoms with Crippen LogP contribution in [0.25, 0.3) is 0 Å². The molecule has 162 valence electrons. The molecule has 0 radical (unpaired) electrons. The van der Waals surface area contributed by atoms with Gasteiger partial charge in [0.2, 0.25) is 5.91 Å². The van der Waals surface area contributed by atoms with Gasteiger partial charge < -0.3 is 5.32 Å². The van der Waals surface area contributed by atoms with Gasteiger partial charge in [-0.15, -0.1) is 11.8 Å². The number of benzene rings is 3. The standard InChI is InChI=1S/C24H26N2O3S2/c1-17-9-10-18(2)23(15-17)26-31(28,29)22-13-11-21(12-14-22)25-24(27)19(3)30-16-20-7-5-4-6-8-20/h4-15,19,26H,16H2,1-3H3,(H,25,27)/t19-/m0/s1. The molecule has 31 heavy (non-hydrogen) atoms. The molecule has 0 spiro atoms. The lowest BCUT2D eigenvalue weighted by Crippen LogP contribution is -2.22. The third kappa shape index (κ3) is 6.35. The molecule has 0 saturated carbocycles. The lowest BCUT2D eigenvalue weighted by atomic mass is 10.1. The van der Waals surface area contributed by atoms with E-state index in [1.165, 1.54) is 12.1 Å². The van der Waals surface area contributed by atoms with Crippen molar-refractivity contribution >= 4 is 39.1 Å². The average Bonchev–Trinajstić information content (AvgIpc) is 2.75. The van der Waals surface area contributed by atoms with Crippen LogP contribution in [0.5, 0.6) is 0 Å². The maximum atomic E-state index is 12.7. The first-order chi connectivity index (χ1) is 14.7. The van der Waals surface area contributed by atoms with Crippen molar-refractivity contribution in [3.8, 4) is 0 Å². The van der Waals surface area contributed by atoms with Gasteiger partial charge in [-0.3, -0.25) is 9.52 Å². The summed E-state index contributed by atoms with van der Waals surface area (Å²) in [4.78, 5) is 12.6. The minimum atomic E-state index is -3.72. The molecule has 0 bridgehead atoms. The maximum absolute atomic E-state index is 12.7. The van der Waals surface area contributed by atoms with E-state index in [0.29, 0.717) is 11.4 Å². The number of amides is 1. The fraction of sp³-hybridized carbons (Fsp3) is 0.208. The molecule has 3 rings (SSSR count). The molecule has 0 saturated heterocycles. The van der Waals surface area contributed by atoms with Crippen molar-refractivity contribution in [3.63, 3.8) is 0 Å². The van der Waals surface area contributed by atoms with Crippen LogP contribution in [0, 0.1) is 13.8 Å². The number of carbonyl (C=O) groups excluding carboxylic acids is 1. The number of nitrogens with one attached hydrogen (secondary N) is 2. The molecule has 0 unspecified atom stereocenters. The lowest BCUT2D eigenvalue weighted by molar-refractivity contribution is -0.115. The molecule has 1 atom stereocenters. The van der Waals surface area contributed by atoms with Crippen molar-refractivity contribution in [2.45, 2.75) is 36.7 Å². The van der Waals surface area contributed by atoms with Crippen molar-refractivity contribution in [2.24, 2.45) is 0 Å². The van der Waals surface area contributed by atoms with Gasteiger partial charge in [0.15, 0.2) is 0 Å². The SMILES string of the molecule is Cc1ccc(C)c(NS(=O)(=O)c2ccc(NC(=O)[C@H](C)SCc3ccccc3)cc2)c1. The smallest absolute Gasteiger partial charge is 0.261 e. The number of thioether (sulfide) groups is 1. The van der Waals surface area contributed by atoms with Crippen LogP contribution in [0.1, 0.15) is 23.6 Å². The molecule has 3 aromatic carbocycles. The van der Waals surface area contributed by atoms with Gasteiger partial charge in [-0.2, -0.15) is 0 Å². The highest BCUT2D eigenvalue weighted by atomic mass is 32.2. The Morgan fingerprint density at radius 1 is 0.968 bits per heavy atom. The highest BCUT2D eigenvalue weighted by molar-refractivity contribution is 7.99. The van der Waals surface area contributed by atoms with Crippen LogP contribution < -0.4 is 10.0 Å². The van der Waals surface area contributed by atoms with Crippen LogP contribution in [0.15, 0.2) is 77.7 Å². The number of carbonyl (C=O) groups is 1. The first-order valence-electron chi connectivity index (χ1n) is 9.91. The van der Waals surface area contributed by atoms with E-state index in [-0.39, 0.29) is 16.1 Å². The summed E-state index contributed by atoms with van der Waals surface area (Å²) in [6.07, 6.45) is 0. The van der Waals surface area contributed by atoms with Crippen LogP contribution in [0.2, 0.25) is 0 Å². The third-order valence-electron chi connectivity index (χ3n) is 4.78. The average molecular weight is 455 g/mol. The second kappa shape index (κ2) is 10.0. The van der Waals surface area contributed by atoms with E-state index in [1.54, 1.807) is 30.0 Å². The Morgan fingerprint density at radius 3 is 2.32 bits per heavy atom. The molecule has 0 aliphatic carbocycles. The number of hydrogen-bond donors (Lipinski definition) is 2. The third-order valence-corrected chi connectivity index (χ3v) is 7.38. The zero-order chi connectivity index (χ0) is 22.4. The van der Waals surface area contributed by atoms with Crippen LogP contribution in [-0.2, 0) is 20.6 Å². The zero-order valence-electron chi connectivity index (χ0n) is 17.8. The largest absolute Gasteiger partial charge is 0.325 e. The molecule has 0 fully saturated rings. The zero-order valence-corrected chi connectivity index (χ0v) is 19.4. The van der Waals surface area contributed by atoms with E-state index < -0.39 is 10.0 Å². The number of hydrogen-bond acceptors (Lipinski definition) is 4. The summed E-state index contributed by atoms with van der Waals surface area (Å²) < 4.78 is 28.1. The number of sulfonamides is 1. The summed E-state index contributed by atoms with van der Waals surface area (Å²) in [5.41, 5.74) is 4.10. The predicted octanol–water partition coefficient (Wildman–Crippen LogP) is 5.36. The minimum Gasteiger partial charge on any atom is -0.325 e. The molecule has 3 aromatic rings. The van der Waals surface area contributed by atoms with E-state index in [4.69, 9.17) is 0 Å². The van der Waals surface area contributed by atoms with Gasteiger partial charge in [0.1, 0.15) is 0 Å². The quantitative estimate of drug-likeness (QED) is 0.480. The number of aryl methyl sites for hydroxylation is 2. The molecule has 1 amide bonds. The molecule has 0 aliphatic rings. The Hall–Kier alpha value is -2.77. The van der Waals surface area contributed by atoms with Gasteiger partial charge in [-0.1, -0.05) is 42.5 Å². The lowest BCUT2D eigenvalue weighted by Gasteiger charge is -2.14. The van der Waals surface area contributed by atoms with Crippen LogP contribution in [0.3, 0.4) is 0 Å². The summed E-state index contributed by atoms with van der Waals surface area (Å²) in [5.74, 6) is 0.626. The van der Waals surface area contributed by atoms with E-state index in [0.717, 1.165) is 22.4 Å². The summed E-state index contributed by atoms with van der Waals surface area (Å²) in [7, 11) is -3.72. The fourth-order valence-electron chi connectivity index (χ4n) is 2.88. The van der Waals surface area contributed by atoms with Gasteiger partial charge in [-0.05, 0) is 67.8 Å². The Kier molecular flexibility index (Phi) is 7.41. The van der Waals surface area contributed by atoms with E-state index in [2.05, 4.69) is 10.0 Å². The first-order valence-corrected chi connectivity index (χ1v) is 12.4. The summed E-state index contributed by atoms with van der Waals surface area (Å²) >= 11 is 1.55. The number of rotatable bonds is 8.